The number of nitrogens with zero attached hydrogens (tertiary/aromatic N) is 1. The third-order valence-electron chi connectivity index (χ3n) is 4.07. The van der Waals surface area contributed by atoms with Gasteiger partial charge in [-0.3, -0.25) is 9.59 Å². The molecule has 0 aliphatic heterocycles. The predicted octanol–water partition coefficient (Wildman–Crippen LogP) is 4.76. The van der Waals surface area contributed by atoms with Crippen LogP contribution in [0.25, 0.3) is 0 Å². The van der Waals surface area contributed by atoms with Gasteiger partial charge in [0.2, 0.25) is 0 Å². The molecule has 5 nitrogen and oxygen atoms in total. The fourth-order valence-corrected chi connectivity index (χ4v) is 2.65. The van der Waals surface area contributed by atoms with Crippen molar-refractivity contribution in [2.45, 2.75) is 20.0 Å². The fourth-order valence-electron chi connectivity index (χ4n) is 2.65. The summed E-state index contributed by atoms with van der Waals surface area (Å²) in [6, 6.07) is 10.6. The number of ether oxygens (including phenoxy) is 1. The monoisotopic (exact) mass is 420 g/mol. The molecule has 0 bridgehead atoms. The molecule has 0 saturated heterocycles. The molecule has 0 heterocycles. The summed E-state index contributed by atoms with van der Waals surface area (Å²) < 4.78 is 43.5. The fraction of sp³-hybridized carbons (Fsp3) is 0.273. The summed E-state index contributed by atoms with van der Waals surface area (Å²) in [6.45, 7) is 8.15. The van der Waals surface area contributed by atoms with E-state index >= 15 is 0 Å². The number of likely N-dealkylation sites (N-methyl/N-ethyl adjacent to an activating group) is 1. The van der Waals surface area contributed by atoms with E-state index in [1.807, 2.05) is 13.8 Å². The molecule has 30 heavy (non-hydrogen) atoms. The second-order valence-corrected chi connectivity index (χ2v) is 6.72. The van der Waals surface area contributed by atoms with Gasteiger partial charge in [0.05, 0.1) is 5.56 Å². The van der Waals surface area contributed by atoms with Crippen LogP contribution in [0.2, 0.25) is 0 Å². The predicted molar refractivity (Wildman–Crippen MR) is 108 cm³/mol. The normalized spacial score (nSPS) is 11.0. The molecule has 2 amide bonds. The lowest BCUT2D eigenvalue weighted by atomic mass is 10.1. The molecule has 0 spiro atoms. The molecule has 0 aromatic heterocycles. The van der Waals surface area contributed by atoms with E-state index in [4.69, 9.17) is 4.74 Å². The van der Waals surface area contributed by atoms with Gasteiger partial charge in [-0.15, -0.1) is 0 Å². The van der Waals surface area contributed by atoms with Crippen LogP contribution in [-0.4, -0.2) is 36.4 Å². The Bertz CT molecular complexity index is 909. The van der Waals surface area contributed by atoms with Crippen LogP contribution in [-0.2, 0) is 11.0 Å². The van der Waals surface area contributed by atoms with Crippen molar-refractivity contribution in [3.8, 4) is 5.75 Å². The van der Waals surface area contributed by atoms with Crippen molar-refractivity contribution < 1.29 is 27.5 Å². The highest BCUT2D eigenvalue weighted by Gasteiger charge is 2.30. The van der Waals surface area contributed by atoms with Gasteiger partial charge in [-0.2, -0.15) is 13.2 Å². The minimum Gasteiger partial charge on any atom is -0.484 e. The van der Waals surface area contributed by atoms with Crippen molar-refractivity contribution in [2.75, 3.05) is 25.0 Å². The van der Waals surface area contributed by atoms with Gasteiger partial charge >= 0.3 is 6.18 Å². The van der Waals surface area contributed by atoms with E-state index in [0.717, 1.165) is 17.7 Å². The summed E-state index contributed by atoms with van der Waals surface area (Å²) in [5, 5.41) is 2.36. The van der Waals surface area contributed by atoms with Gasteiger partial charge in [-0.1, -0.05) is 18.2 Å². The lowest BCUT2D eigenvalue weighted by Gasteiger charge is -2.21. The molecule has 160 valence electrons. The molecule has 1 N–H and O–H groups in total. The summed E-state index contributed by atoms with van der Waals surface area (Å²) in [7, 11) is 0. The number of hydrogen-bond acceptors (Lipinski definition) is 3. The molecule has 0 aliphatic carbocycles. The Kier molecular flexibility index (Phi) is 7.63. The Hall–Kier alpha value is -3.29. The zero-order valence-corrected chi connectivity index (χ0v) is 16.8. The van der Waals surface area contributed by atoms with Crippen LogP contribution in [0.4, 0.5) is 18.9 Å². The maximum atomic E-state index is 12.7. The largest absolute Gasteiger partial charge is 0.484 e. The number of carbonyl (C=O) groups excluding carboxylic acids is 2. The number of benzene rings is 2. The Balaban J connectivity index is 1.93. The number of amides is 2. The molecular weight excluding hydrogens is 397 g/mol. The van der Waals surface area contributed by atoms with Gasteiger partial charge in [0.15, 0.2) is 6.61 Å². The maximum Gasteiger partial charge on any atom is 0.416 e. The lowest BCUT2D eigenvalue weighted by molar-refractivity contribution is -0.137. The molecule has 0 radical (unpaired) electrons. The van der Waals surface area contributed by atoms with E-state index in [-0.39, 0.29) is 18.2 Å². The Morgan fingerprint density at radius 1 is 1.13 bits per heavy atom. The minimum absolute atomic E-state index is 0.0246. The summed E-state index contributed by atoms with van der Waals surface area (Å²) >= 11 is 0. The molecule has 0 atom stereocenters. The van der Waals surface area contributed by atoms with Gasteiger partial charge in [-0.25, -0.2) is 0 Å². The third kappa shape index (κ3) is 6.65. The lowest BCUT2D eigenvalue weighted by Crippen LogP contribution is -2.32. The SMILES string of the molecule is C=C(C)CN(CC)C(=O)c1ccc(OCC(=O)Nc2cccc(C(F)(F)F)c2)cc1. The van der Waals surface area contributed by atoms with E-state index < -0.39 is 17.6 Å². The van der Waals surface area contributed by atoms with Gasteiger partial charge in [-0.05, 0) is 56.3 Å². The third-order valence-corrected chi connectivity index (χ3v) is 4.07. The van der Waals surface area contributed by atoms with Crippen molar-refractivity contribution in [3.63, 3.8) is 0 Å². The summed E-state index contributed by atoms with van der Waals surface area (Å²) in [5.74, 6) is -0.392. The molecule has 0 unspecified atom stereocenters. The number of halogens is 3. The van der Waals surface area contributed by atoms with E-state index in [1.54, 1.807) is 29.2 Å². The standard InChI is InChI=1S/C22H23F3N2O3/c1-4-27(13-15(2)3)21(29)16-8-10-19(11-9-16)30-14-20(28)26-18-7-5-6-17(12-18)22(23,24)25/h5-12H,2,4,13-14H2,1,3H3,(H,26,28). The zero-order chi connectivity index (χ0) is 22.3. The Labute approximate surface area is 173 Å². The highest BCUT2D eigenvalue weighted by atomic mass is 19.4. The Morgan fingerprint density at radius 2 is 1.80 bits per heavy atom. The quantitative estimate of drug-likeness (QED) is 0.627. The first-order chi connectivity index (χ1) is 14.1. The second-order valence-electron chi connectivity index (χ2n) is 6.72. The van der Waals surface area contributed by atoms with Gasteiger partial charge in [0.1, 0.15) is 5.75 Å². The second kappa shape index (κ2) is 9.96. The van der Waals surface area contributed by atoms with E-state index in [0.29, 0.717) is 24.4 Å². The highest BCUT2D eigenvalue weighted by molar-refractivity contribution is 5.94. The van der Waals surface area contributed by atoms with Crippen LogP contribution in [0.3, 0.4) is 0 Å². The molecule has 2 aromatic rings. The van der Waals surface area contributed by atoms with Crippen molar-refractivity contribution in [1.82, 2.24) is 4.90 Å². The number of nitrogens with one attached hydrogen (secondary N) is 1. The summed E-state index contributed by atoms with van der Waals surface area (Å²) in [5.41, 5.74) is 0.515. The number of hydrogen-bond donors (Lipinski definition) is 1. The molecule has 2 aromatic carbocycles. The highest BCUT2D eigenvalue weighted by Crippen LogP contribution is 2.30. The van der Waals surface area contributed by atoms with E-state index in [1.165, 1.54) is 12.1 Å². The van der Waals surface area contributed by atoms with Crippen LogP contribution in [0, 0.1) is 0 Å². The van der Waals surface area contributed by atoms with E-state index in [9.17, 15) is 22.8 Å². The van der Waals surface area contributed by atoms with Crippen molar-refractivity contribution in [3.05, 3.63) is 71.8 Å². The van der Waals surface area contributed by atoms with Crippen LogP contribution in [0.1, 0.15) is 29.8 Å². The maximum absolute atomic E-state index is 12.7. The number of carbonyl (C=O) groups is 2. The van der Waals surface area contributed by atoms with Crippen LogP contribution < -0.4 is 10.1 Å². The summed E-state index contributed by atoms with van der Waals surface area (Å²) in [4.78, 5) is 26.1. The van der Waals surface area contributed by atoms with Crippen molar-refractivity contribution >= 4 is 17.5 Å². The first kappa shape index (κ1) is 23.0. The summed E-state index contributed by atoms with van der Waals surface area (Å²) in [6.07, 6.45) is -4.49. The zero-order valence-electron chi connectivity index (χ0n) is 16.8. The average Bonchev–Trinajstić information content (AvgIpc) is 2.70. The number of anilines is 1. The Morgan fingerprint density at radius 3 is 2.37 bits per heavy atom. The first-order valence-corrected chi connectivity index (χ1v) is 9.23. The number of alkyl halides is 3. The molecule has 0 fully saturated rings. The first-order valence-electron chi connectivity index (χ1n) is 9.23. The van der Waals surface area contributed by atoms with Crippen molar-refractivity contribution in [2.24, 2.45) is 0 Å². The van der Waals surface area contributed by atoms with Crippen molar-refractivity contribution in [1.29, 1.82) is 0 Å². The molecule has 2 rings (SSSR count). The van der Waals surface area contributed by atoms with Gasteiger partial charge in [0, 0.05) is 24.3 Å². The van der Waals surface area contributed by atoms with Gasteiger partial charge < -0.3 is 15.0 Å². The number of rotatable bonds is 8. The van der Waals surface area contributed by atoms with E-state index in [2.05, 4.69) is 11.9 Å². The molecular formula is C22H23F3N2O3. The molecule has 0 saturated carbocycles. The smallest absolute Gasteiger partial charge is 0.416 e. The van der Waals surface area contributed by atoms with Crippen LogP contribution in [0.5, 0.6) is 5.75 Å². The minimum atomic E-state index is -4.49. The van der Waals surface area contributed by atoms with Crippen LogP contribution in [0.15, 0.2) is 60.7 Å². The van der Waals surface area contributed by atoms with Crippen LogP contribution >= 0.6 is 0 Å². The molecule has 0 aliphatic rings. The average molecular weight is 420 g/mol. The topological polar surface area (TPSA) is 58.6 Å². The van der Waals surface area contributed by atoms with Gasteiger partial charge in [0.25, 0.3) is 11.8 Å². The molecule has 8 heteroatoms.